The van der Waals surface area contributed by atoms with E-state index in [-0.39, 0.29) is 0 Å². The van der Waals surface area contributed by atoms with Crippen molar-refractivity contribution >= 4 is 11.2 Å². The van der Waals surface area contributed by atoms with E-state index in [0.29, 0.717) is 17.1 Å². The van der Waals surface area contributed by atoms with Crippen molar-refractivity contribution in [2.24, 2.45) is 5.92 Å². The summed E-state index contributed by atoms with van der Waals surface area (Å²) in [5, 5.41) is 3.38. The van der Waals surface area contributed by atoms with Gasteiger partial charge in [0.25, 0.3) is 5.56 Å². The van der Waals surface area contributed by atoms with Gasteiger partial charge in [-0.1, -0.05) is 0 Å². The number of nitrogens with one attached hydrogen (secondary N) is 4. The predicted molar refractivity (Wildman–Crippen MR) is 71.2 cm³/mol. The molecule has 102 valence electrons. The van der Waals surface area contributed by atoms with Crippen molar-refractivity contribution in [3.63, 3.8) is 0 Å². The Kier molecular flexibility index (Phi) is 3.20. The molecule has 3 rings (SSSR count). The van der Waals surface area contributed by atoms with Crippen LogP contribution in [0.2, 0.25) is 0 Å². The number of fused-ring (bicyclic) bond motifs is 1. The van der Waals surface area contributed by atoms with Gasteiger partial charge in [0.2, 0.25) is 0 Å². The van der Waals surface area contributed by atoms with Crippen LogP contribution in [0.4, 0.5) is 0 Å². The van der Waals surface area contributed by atoms with Crippen LogP contribution in [0.25, 0.3) is 11.2 Å². The molecule has 1 aliphatic rings. The number of rotatable bonds is 3. The van der Waals surface area contributed by atoms with E-state index in [4.69, 9.17) is 0 Å². The van der Waals surface area contributed by atoms with Crippen LogP contribution in [0.3, 0.4) is 0 Å². The lowest BCUT2D eigenvalue weighted by molar-refractivity contribution is 0.356. The number of hydrogen-bond donors (Lipinski definition) is 4. The molecule has 19 heavy (non-hydrogen) atoms. The predicted octanol–water partition coefficient (Wildman–Crippen LogP) is -0.128. The van der Waals surface area contributed by atoms with E-state index in [2.05, 4.69) is 25.3 Å². The molecule has 4 N–H and O–H groups in total. The quantitative estimate of drug-likeness (QED) is 0.619. The van der Waals surface area contributed by atoms with Gasteiger partial charge in [-0.3, -0.25) is 14.8 Å². The number of imidazole rings is 1. The summed E-state index contributed by atoms with van der Waals surface area (Å²) in [5.74, 6) is 1.42. The summed E-state index contributed by atoms with van der Waals surface area (Å²) in [6, 6.07) is 0. The largest absolute Gasteiger partial charge is 0.336 e. The molecule has 0 radical (unpaired) electrons. The zero-order valence-electron chi connectivity index (χ0n) is 10.6. The second-order valence-corrected chi connectivity index (χ2v) is 5.07. The lowest BCUT2D eigenvalue weighted by Gasteiger charge is -2.21. The monoisotopic (exact) mass is 263 g/mol. The number of H-pyrrole nitrogens is 3. The molecule has 1 saturated heterocycles. The van der Waals surface area contributed by atoms with Crippen LogP contribution in [0, 0.1) is 5.92 Å². The maximum absolute atomic E-state index is 11.6. The summed E-state index contributed by atoms with van der Waals surface area (Å²) < 4.78 is 0. The second-order valence-electron chi connectivity index (χ2n) is 5.07. The fraction of sp³-hybridized carbons (Fsp3) is 0.583. The van der Waals surface area contributed by atoms with Crippen molar-refractivity contribution in [1.29, 1.82) is 0 Å². The molecule has 0 saturated carbocycles. The SMILES string of the molecule is O=c1[nH]c(=O)c2[nH]c(CCC3CCCNC3)nc2[nH]1. The number of aromatic nitrogens is 4. The zero-order chi connectivity index (χ0) is 13.2. The summed E-state index contributed by atoms with van der Waals surface area (Å²) in [6.45, 7) is 2.16. The molecule has 2 aromatic heterocycles. The molecule has 0 bridgehead atoms. The molecule has 0 spiro atoms. The lowest BCUT2D eigenvalue weighted by atomic mass is 9.95. The molecule has 0 aliphatic carbocycles. The fourth-order valence-corrected chi connectivity index (χ4v) is 2.61. The summed E-state index contributed by atoms with van der Waals surface area (Å²) in [4.78, 5) is 34.7. The standard InChI is InChI=1S/C12H17N5O2/c18-11-9-10(16-12(19)17-11)15-8(14-9)4-3-7-2-1-5-13-6-7/h7,13H,1-6H2,(H3,14,15,16,17,18,19). The van der Waals surface area contributed by atoms with Gasteiger partial charge < -0.3 is 10.3 Å². The summed E-state index contributed by atoms with van der Waals surface area (Å²) >= 11 is 0. The molecule has 1 atom stereocenters. The zero-order valence-corrected chi connectivity index (χ0v) is 10.6. The molecule has 2 aromatic rings. The van der Waals surface area contributed by atoms with Crippen molar-refractivity contribution in [1.82, 2.24) is 25.3 Å². The molecule has 1 fully saturated rings. The average molecular weight is 263 g/mol. The Balaban J connectivity index is 1.76. The fourth-order valence-electron chi connectivity index (χ4n) is 2.61. The van der Waals surface area contributed by atoms with Gasteiger partial charge >= 0.3 is 5.69 Å². The number of nitrogens with zero attached hydrogens (tertiary/aromatic N) is 1. The van der Waals surface area contributed by atoms with Gasteiger partial charge in [-0.05, 0) is 38.3 Å². The van der Waals surface area contributed by atoms with Crippen LogP contribution in [0.1, 0.15) is 25.1 Å². The molecule has 3 heterocycles. The van der Waals surface area contributed by atoms with Crippen molar-refractivity contribution < 1.29 is 0 Å². The van der Waals surface area contributed by atoms with Crippen LogP contribution >= 0.6 is 0 Å². The smallest absolute Gasteiger partial charge is 0.327 e. The van der Waals surface area contributed by atoms with Gasteiger partial charge in [0.05, 0.1) is 0 Å². The van der Waals surface area contributed by atoms with Gasteiger partial charge in [-0.15, -0.1) is 0 Å². The molecule has 0 amide bonds. The Bertz CT molecular complexity index is 677. The molecule has 0 aromatic carbocycles. The third-order valence-corrected chi connectivity index (χ3v) is 3.63. The molecular weight excluding hydrogens is 246 g/mol. The summed E-state index contributed by atoms with van der Waals surface area (Å²) in [5.41, 5.74) is -0.259. The van der Waals surface area contributed by atoms with E-state index in [1.807, 2.05) is 0 Å². The highest BCUT2D eigenvalue weighted by Crippen LogP contribution is 2.16. The van der Waals surface area contributed by atoms with Gasteiger partial charge in [0.1, 0.15) is 11.3 Å². The maximum atomic E-state index is 11.6. The van der Waals surface area contributed by atoms with E-state index < -0.39 is 11.2 Å². The normalized spacial score (nSPS) is 19.9. The van der Waals surface area contributed by atoms with Crippen LogP contribution in [-0.2, 0) is 6.42 Å². The average Bonchev–Trinajstić information content (AvgIpc) is 2.81. The molecule has 7 nitrogen and oxygen atoms in total. The minimum absolute atomic E-state index is 0.338. The Hall–Kier alpha value is -1.89. The first kappa shape index (κ1) is 12.2. The van der Waals surface area contributed by atoms with Gasteiger partial charge in [-0.25, -0.2) is 9.78 Å². The summed E-state index contributed by atoms with van der Waals surface area (Å²) in [7, 11) is 0. The highest BCUT2D eigenvalue weighted by Gasteiger charge is 2.14. The number of aromatic amines is 3. The Morgan fingerprint density at radius 2 is 2.11 bits per heavy atom. The molecule has 7 heteroatoms. The number of aryl methyl sites for hydroxylation is 1. The van der Waals surface area contributed by atoms with Crippen LogP contribution in [0.15, 0.2) is 9.59 Å². The highest BCUT2D eigenvalue weighted by atomic mass is 16.2. The Morgan fingerprint density at radius 1 is 1.21 bits per heavy atom. The molecule has 1 aliphatic heterocycles. The minimum atomic E-state index is -0.521. The topological polar surface area (TPSA) is 106 Å². The van der Waals surface area contributed by atoms with Gasteiger partial charge in [0, 0.05) is 6.42 Å². The highest BCUT2D eigenvalue weighted by molar-refractivity contribution is 5.68. The third kappa shape index (κ3) is 2.60. The van der Waals surface area contributed by atoms with Gasteiger partial charge in [0.15, 0.2) is 5.65 Å². The van der Waals surface area contributed by atoms with Crippen molar-refractivity contribution in [2.75, 3.05) is 13.1 Å². The van der Waals surface area contributed by atoms with E-state index in [1.165, 1.54) is 12.8 Å². The third-order valence-electron chi connectivity index (χ3n) is 3.63. The van der Waals surface area contributed by atoms with Crippen molar-refractivity contribution in [3.05, 3.63) is 26.7 Å². The van der Waals surface area contributed by atoms with Crippen LogP contribution in [-0.4, -0.2) is 33.0 Å². The Morgan fingerprint density at radius 3 is 2.89 bits per heavy atom. The van der Waals surface area contributed by atoms with E-state index in [9.17, 15) is 9.59 Å². The molecule has 1 unspecified atom stereocenters. The minimum Gasteiger partial charge on any atom is -0.336 e. The second kappa shape index (κ2) is 5.00. The van der Waals surface area contributed by atoms with E-state index in [0.717, 1.165) is 31.8 Å². The van der Waals surface area contributed by atoms with Gasteiger partial charge in [-0.2, -0.15) is 0 Å². The van der Waals surface area contributed by atoms with E-state index >= 15 is 0 Å². The van der Waals surface area contributed by atoms with Crippen LogP contribution < -0.4 is 16.6 Å². The van der Waals surface area contributed by atoms with Crippen molar-refractivity contribution in [2.45, 2.75) is 25.7 Å². The van der Waals surface area contributed by atoms with Crippen molar-refractivity contribution in [3.8, 4) is 0 Å². The number of hydrogen-bond acceptors (Lipinski definition) is 4. The van der Waals surface area contributed by atoms with Crippen LogP contribution in [0.5, 0.6) is 0 Å². The first-order valence-electron chi connectivity index (χ1n) is 6.64. The lowest BCUT2D eigenvalue weighted by Crippen LogP contribution is -2.30. The Labute approximate surface area is 108 Å². The molecular formula is C12H17N5O2. The number of piperidine rings is 1. The first-order chi connectivity index (χ1) is 9.22. The summed E-state index contributed by atoms with van der Waals surface area (Å²) in [6.07, 6.45) is 4.29. The maximum Gasteiger partial charge on any atom is 0.327 e. The first-order valence-corrected chi connectivity index (χ1v) is 6.64. The van der Waals surface area contributed by atoms with E-state index in [1.54, 1.807) is 0 Å².